The van der Waals surface area contributed by atoms with Crippen LogP contribution in [-0.4, -0.2) is 15.8 Å². The molecule has 3 heteroatoms. The molecule has 0 aliphatic carbocycles. The minimum absolute atomic E-state index is 0.161. The van der Waals surface area contributed by atoms with Crippen LogP contribution >= 0.6 is 0 Å². The third-order valence-corrected chi connectivity index (χ3v) is 4.26. The number of fused-ring (bicyclic) bond motifs is 2. The second-order valence-electron chi connectivity index (χ2n) is 5.67. The van der Waals surface area contributed by atoms with E-state index in [1.807, 2.05) is 41.3 Å². The predicted molar refractivity (Wildman–Crippen MR) is 86.1 cm³/mol. The van der Waals surface area contributed by atoms with Crippen molar-refractivity contribution in [1.29, 1.82) is 0 Å². The van der Waals surface area contributed by atoms with Crippen molar-refractivity contribution in [3.63, 3.8) is 0 Å². The van der Waals surface area contributed by atoms with Gasteiger partial charge in [-0.25, -0.2) is 0 Å². The molecule has 0 saturated carbocycles. The summed E-state index contributed by atoms with van der Waals surface area (Å²) in [6.45, 7) is 1.30. The highest BCUT2D eigenvalue weighted by atomic mass is 16.2. The van der Waals surface area contributed by atoms with Crippen LogP contribution in [-0.2, 0) is 24.3 Å². The van der Waals surface area contributed by atoms with E-state index in [2.05, 4.69) is 23.2 Å². The SMILES string of the molecule is O=C(Cc1cccc2ccccc12)N1Cc2cccnc2C1. The molecule has 0 fully saturated rings. The van der Waals surface area contributed by atoms with Crippen molar-refractivity contribution in [1.82, 2.24) is 9.88 Å². The van der Waals surface area contributed by atoms with Gasteiger partial charge in [-0.05, 0) is 28.0 Å². The van der Waals surface area contributed by atoms with Crippen LogP contribution in [0.3, 0.4) is 0 Å². The van der Waals surface area contributed by atoms with E-state index in [1.165, 1.54) is 5.39 Å². The number of benzene rings is 2. The predicted octanol–water partition coefficient (Wildman–Crippen LogP) is 3.32. The molecule has 4 rings (SSSR count). The first-order valence-electron chi connectivity index (χ1n) is 7.48. The first kappa shape index (κ1) is 13.0. The molecular weight excluding hydrogens is 272 g/mol. The number of carbonyl (C=O) groups is 1. The zero-order valence-corrected chi connectivity index (χ0v) is 12.2. The van der Waals surface area contributed by atoms with Crippen LogP contribution in [0.2, 0.25) is 0 Å². The first-order valence-corrected chi connectivity index (χ1v) is 7.48. The topological polar surface area (TPSA) is 33.2 Å². The molecule has 1 aliphatic heterocycles. The fourth-order valence-corrected chi connectivity index (χ4v) is 3.10. The quantitative estimate of drug-likeness (QED) is 0.724. The van der Waals surface area contributed by atoms with Gasteiger partial charge in [0.05, 0.1) is 18.7 Å². The van der Waals surface area contributed by atoms with Crippen molar-refractivity contribution < 1.29 is 4.79 Å². The van der Waals surface area contributed by atoms with Crippen molar-refractivity contribution in [2.24, 2.45) is 0 Å². The summed E-state index contributed by atoms with van der Waals surface area (Å²) >= 11 is 0. The van der Waals surface area contributed by atoms with E-state index in [0.717, 1.165) is 22.2 Å². The average Bonchev–Trinajstić information content (AvgIpc) is 2.99. The Bertz CT molecular complexity index is 826. The highest BCUT2D eigenvalue weighted by Crippen LogP contribution is 2.23. The number of amides is 1. The second-order valence-corrected chi connectivity index (χ2v) is 5.67. The molecule has 108 valence electrons. The first-order chi connectivity index (χ1) is 10.8. The second kappa shape index (κ2) is 5.26. The van der Waals surface area contributed by atoms with Crippen molar-refractivity contribution in [2.45, 2.75) is 19.5 Å². The molecule has 0 bridgehead atoms. The summed E-state index contributed by atoms with van der Waals surface area (Å²) in [6.07, 6.45) is 2.23. The molecule has 1 aliphatic rings. The van der Waals surface area contributed by atoms with E-state index in [-0.39, 0.29) is 5.91 Å². The molecule has 0 saturated heterocycles. The summed E-state index contributed by atoms with van der Waals surface area (Å²) in [7, 11) is 0. The largest absolute Gasteiger partial charge is 0.332 e. The molecule has 1 amide bonds. The van der Waals surface area contributed by atoms with Crippen LogP contribution in [0.15, 0.2) is 60.8 Å². The Morgan fingerprint density at radius 2 is 1.86 bits per heavy atom. The Morgan fingerprint density at radius 3 is 2.77 bits per heavy atom. The maximum atomic E-state index is 12.6. The van der Waals surface area contributed by atoms with Gasteiger partial charge in [0.2, 0.25) is 5.91 Å². The van der Waals surface area contributed by atoms with Gasteiger partial charge < -0.3 is 4.90 Å². The fraction of sp³-hybridized carbons (Fsp3) is 0.158. The van der Waals surface area contributed by atoms with Gasteiger partial charge in [-0.3, -0.25) is 9.78 Å². The van der Waals surface area contributed by atoms with Crippen molar-refractivity contribution >= 4 is 16.7 Å². The van der Waals surface area contributed by atoms with E-state index in [0.29, 0.717) is 19.5 Å². The van der Waals surface area contributed by atoms with Crippen LogP contribution in [0.4, 0.5) is 0 Å². The summed E-state index contributed by atoms with van der Waals surface area (Å²) in [4.78, 5) is 18.9. The van der Waals surface area contributed by atoms with Gasteiger partial charge in [0.25, 0.3) is 0 Å². The molecule has 1 aromatic heterocycles. The summed E-state index contributed by atoms with van der Waals surface area (Å²) in [5.41, 5.74) is 3.27. The normalized spacial score (nSPS) is 13.4. The number of aromatic nitrogens is 1. The van der Waals surface area contributed by atoms with Crippen LogP contribution in [0.5, 0.6) is 0 Å². The summed E-state index contributed by atoms with van der Waals surface area (Å²) in [6, 6.07) is 18.3. The summed E-state index contributed by atoms with van der Waals surface area (Å²) < 4.78 is 0. The molecule has 3 aromatic rings. The van der Waals surface area contributed by atoms with Gasteiger partial charge in [-0.15, -0.1) is 0 Å². The Labute approximate surface area is 129 Å². The zero-order chi connectivity index (χ0) is 14.9. The Hall–Kier alpha value is -2.68. The molecule has 0 spiro atoms. The number of pyridine rings is 1. The Morgan fingerprint density at radius 1 is 1.00 bits per heavy atom. The van der Waals surface area contributed by atoms with Gasteiger partial charge >= 0.3 is 0 Å². The number of nitrogens with zero attached hydrogens (tertiary/aromatic N) is 2. The standard InChI is InChI=1S/C19H16N2O/c22-19(21-12-16-8-4-10-20-18(16)13-21)11-15-7-3-6-14-5-1-2-9-17(14)15/h1-10H,11-13H2. The van der Waals surface area contributed by atoms with Crippen LogP contribution in [0.1, 0.15) is 16.8 Å². The van der Waals surface area contributed by atoms with E-state index in [1.54, 1.807) is 6.20 Å². The molecule has 0 atom stereocenters. The Balaban J connectivity index is 1.58. The van der Waals surface area contributed by atoms with Crippen LogP contribution in [0, 0.1) is 0 Å². The highest BCUT2D eigenvalue weighted by molar-refractivity contribution is 5.90. The van der Waals surface area contributed by atoms with E-state index in [9.17, 15) is 4.79 Å². The van der Waals surface area contributed by atoms with E-state index in [4.69, 9.17) is 0 Å². The van der Waals surface area contributed by atoms with Gasteiger partial charge in [0, 0.05) is 12.7 Å². The molecule has 22 heavy (non-hydrogen) atoms. The monoisotopic (exact) mass is 288 g/mol. The van der Waals surface area contributed by atoms with Crippen LogP contribution in [0.25, 0.3) is 10.8 Å². The van der Waals surface area contributed by atoms with Gasteiger partial charge in [-0.2, -0.15) is 0 Å². The molecule has 3 nitrogen and oxygen atoms in total. The molecule has 0 N–H and O–H groups in total. The molecule has 0 unspecified atom stereocenters. The van der Waals surface area contributed by atoms with Crippen molar-refractivity contribution in [3.05, 3.63) is 77.6 Å². The maximum absolute atomic E-state index is 12.6. The molecule has 2 aromatic carbocycles. The van der Waals surface area contributed by atoms with Crippen molar-refractivity contribution in [2.75, 3.05) is 0 Å². The lowest BCUT2D eigenvalue weighted by Gasteiger charge is -2.16. The molecule has 2 heterocycles. The molecular formula is C19H16N2O. The third kappa shape index (κ3) is 2.25. The van der Waals surface area contributed by atoms with E-state index < -0.39 is 0 Å². The lowest BCUT2D eigenvalue weighted by Crippen LogP contribution is -2.27. The van der Waals surface area contributed by atoms with Gasteiger partial charge in [-0.1, -0.05) is 48.5 Å². The maximum Gasteiger partial charge on any atom is 0.227 e. The zero-order valence-electron chi connectivity index (χ0n) is 12.2. The van der Waals surface area contributed by atoms with Gasteiger partial charge in [0.1, 0.15) is 0 Å². The third-order valence-electron chi connectivity index (χ3n) is 4.26. The number of hydrogen-bond acceptors (Lipinski definition) is 2. The minimum atomic E-state index is 0.161. The molecule has 0 radical (unpaired) electrons. The number of hydrogen-bond donors (Lipinski definition) is 0. The van der Waals surface area contributed by atoms with Gasteiger partial charge in [0.15, 0.2) is 0 Å². The lowest BCUT2D eigenvalue weighted by atomic mass is 10.0. The average molecular weight is 288 g/mol. The highest BCUT2D eigenvalue weighted by Gasteiger charge is 2.24. The summed E-state index contributed by atoms with van der Waals surface area (Å²) in [5, 5.41) is 2.34. The smallest absolute Gasteiger partial charge is 0.227 e. The fourth-order valence-electron chi connectivity index (χ4n) is 3.10. The number of carbonyl (C=O) groups excluding carboxylic acids is 1. The lowest BCUT2D eigenvalue weighted by molar-refractivity contribution is -0.131. The van der Waals surface area contributed by atoms with Crippen LogP contribution < -0.4 is 0 Å². The Kier molecular flexibility index (Phi) is 3.11. The number of rotatable bonds is 2. The van der Waals surface area contributed by atoms with E-state index >= 15 is 0 Å². The minimum Gasteiger partial charge on any atom is -0.332 e. The van der Waals surface area contributed by atoms with Crippen molar-refractivity contribution in [3.8, 4) is 0 Å². The summed E-state index contributed by atoms with van der Waals surface area (Å²) in [5.74, 6) is 0.161.